The molecule has 82 valence electrons. The molecule has 0 atom stereocenters. The molecule has 1 heterocycles. The number of rotatable bonds is 0. The zero-order valence-electron chi connectivity index (χ0n) is 7.79. The molecule has 0 amide bonds. The smallest absolute Gasteiger partial charge is 0.385 e. The third-order valence-corrected chi connectivity index (χ3v) is 2.75. The first kappa shape index (κ1) is 10.6. The summed E-state index contributed by atoms with van der Waals surface area (Å²) in [6.07, 6.45) is -2.68. The zero-order valence-corrected chi connectivity index (χ0v) is 8.54. The Hall–Kier alpha value is -0.900. The monoisotopic (exact) mass is 235 g/mol. The van der Waals surface area contributed by atoms with Crippen LogP contribution >= 0.6 is 11.6 Å². The van der Waals surface area contributed by atoms with Gasteiger partial charge >= 0.3 is 6.18 Å². The number of hydrogen-bond donors (Lipinski definition) is 1. The topological polar surface area (TPSA) is 12.0 Å². The fourth-order valence-electron chi connectivity index (χ4n) is 1.70. The van der Waals surface area contributed by atoms with E-state index in [1.807, 2.05) is 0 Å². The summed E-state index contributed by atoms with van der Waals surface area (Å²) in [6.45, 7) is 0.714. The average Bonchev–Trinajstić information content (AvgIpc) is 2.15. The van der Waals surface area contributed by atoms with Gasteiger partial charge in [0, 0.05) is 12.2 Å². The third kappa shape index (κ3) is 2.04. The van der Waals surface area contributed by atoms with Crippen LogP contribution in [-0.2, 0) is 12.6 Å². The summed E-state index contributed by atoms with van der Waals surface area (Å²) in [4.78, 5) is 0. The first-order valence-corrected chi connectivity index (χ1v) is 5.00. The van der Waals surface area contributed by atoms with Crippen molar-refractivity contribution in [2.75, 3.05) is 11.9 Å². The van der Waals surface area contributed by atoms with Crippen LogP contribution in [0.3, 0.4) is 0 Å². The molecule has 0 aliphatic carbocycles. The fourth-order valence-corrected chi connectivity index (χ4v) is 2.00. The number of halogens is 4. The summed E-state index contributed by atoms with van der Waals surface area (Å²) in [7, 11) is 0. The van der Waals surface area contributed by atoms with Crippen molar-refractivity contribution in [1.82, 2.24) is 0 Å². The van der Waals surface area contributed by atoms with Crippen molar-refractivity contribution in [3.63, 3.8) is 0 Å². The van der Waals surface area contributed by atoms with E-state index < -0.39 is 11.7 Å². The van der Waals surface area contributed by atoms with Crippen LogP contribution in [0.2, 0.25) is 5.02 Å². The number of anilines is 1. The van der Waals surface area contributed by atoms with Crippen molar-refractivity contribution in [2.24, 2.45) is 0 Å². The van der Waals surface area contributed by atoms with Crippen LogP contribution in [0.5, 0.6) is 0 Å². The highest BCUT2D eigenvalue weighted by atomic mass is 35.5. The fraction of sp³-hybridized carbons (Fsp3) is 0.400. The van der Waals surface area contributed by atoms with Gasteiger partial charge in [0.25, 0.3) is 0 Å². The molecule has 0 spiro atoms. The molecule has 0 aromatic heterocycles. The number of fused-ring (bicyclic) bond motifs is 1. The summed E-state index contributed by atoms with van der Waals surface area (Å²) < 4.78 is 37.5. The van der Waals surface area contributed by atoms with E-state index in [0.29, 0.717) is 12.2 Å². The average molecular weight is 236 g/mol. The van der Waals surface area contributed by atoms with Gasteiger partial charge in [0.15, 0.2) is 0 Å². The number of alkyl halides is 3. The van der Waals surface area contributed by atoms with Crippen molar-refractivity contribution < 1.29 is 13.2 Å². The molecule has 0 unspecified atom stereocenters. The second-order valence-corrected chi connectivity index (χ2v) is 3.92. The van der Waals surface area contributed by atoms with Gasteiger partial charge in [-0.1, -0.05) is 11.6 Å². The minimum Gasteiger partial charge on any atom is -0.385 e. The molecule has 5 heteroatoms. The van der Waals surface area contributed by atoms with E-state index in [2.05, 4.69) is 5.32 Å². The van der Waals surface area contributed by atoms with Gasteiger partial charge in [-0.25, -0.2) is 0 Å². The number of benzene rings is 1. The summed E-state index contributed by atoms with van der Waals surface area (Å²) in [5.41, 5.74) is 0.648. The highest BCUT2D eigenvalue weighted by Gasteiger charge is 2.34. The summed E-state index contributed by atoms with van der Waals surface area (Å²) in [5, 5.41) is 2.73. The van der Waals surface area contributed by atoms with E-state index in [9.17, 15) is 13.2 Å². The molecule has 0 saturated carbocycles. The van der Waals surface area contributed by atoms with Gasteiger partial charge in [-0.15, -0.1) is 0 Å². The van der Waals surface area contributed by atoms with Gasteiger partial charge in [0.2, 0.25) is 0 Å². The normalized spacial score (nSPS) is 15.7. The highest BCUT2D eigenvalue weighted by Crippen LogP contribution is 2.38. The second-order valence-electron chi connectivity index (χ2n) is 3.52. The lowest BCUT2D eigenvalue weighted by molar-refractivity contribution is -0.137. The van der Waals surface area contributed by atoms with Gasteiger partial charge in [0.1, 0.15) is 0 Å². The third-order valence-electron chi connectivity index (χ3n) is 2.44. The van der Waals surface area contributed by atoms with Crippen LogP contribution in [0, 0.1) is 0 Å². The molecular weight excluding hydrogens is 227 g/mol. The van der Waals surface area contributed by atoms with E-state index in [0.717, 1.165) is 24.5 Å². The molecule has 1 aromatic rings. The molecule has 15 heavy (non-hydrogen) atoms. The lowest BCUT2D eigenvalue weighted by atomic mass is 10.0. The van der Waals surface area contributed by atoms with E-state index in [1.54, 1.807) is 0 Å². The molecule has 0 fully saturated rings. The first-order chi connectivity index (χ1) is 6.98. The van der Waals surface area contributed by atoms with E-state index in [1.165, 1.54) is 6.07 Å². The Morgan fingerprint density at radius 3 is 2.67 bits per heavy atom. The number of nitrogens with one attached hydrogen (secondary N) is 1. The van der Waals surface area contributed by atoms with Crippen molar-refractivity contribution in [3.05, 3.63) is 28.3 Å². The van der Waals surface area contributed by atoms with Gasteiger partial charge in [-0.3, -0.25) is 0 Å². The molecule has 1 aliphatic heterocycles. The minimum atomic E-state index is -4.38. The van der Waals surface area contributed by atoms with Crippen LogP contribution < -0.4 is 5.32 Å². The standard InChI is InChI=1S/C10H9ClF3N/c11-8-4-6-2-1-3-15-9(6)5-7(8)10(12,13)14/h4-5,15H,1-3H2. The van der Waals surface area contributed by atoms with Gasteiger partial charge in [-0.05, 0) is 30.5 Å². The predicted octanol–water partition coefficient (Wildman–Crippen LogP) is 3.72. The van der Waals surface area contributed by atoms with Crippen molar-refractivity contribution >= 4 is 17.3 Å². The van der Waals surface area contributed by atoms with Gasteiger partial charge in [-0.2, -0.15) is 13.2 Å². The van der Waals surface area contributed by atoms with Crippen molar-refractivity contribution in [1.29, 1.82) is 0 Å². The van der Waals surface area contributed by atoms with E-state index >= 15 is 0 Å². The quantitative estimate of drug-likeness (QED) is 0.723. The largest absolute Gasteiger partial charge is 0.417 e. The molecule has 0 saturated heterocycles. The number of hydrogen-bond acceptors (Lipinski definition) is 1. The highest BCUT2D eigenvalue weighted by molar-refractivity contribution is 6.31. The Kier molecular flexibility index (Phi) is 2.54. The SMILES string of the molecule is FC(F)(F)c1cc2c(cc1Cl)CCCN2. The summed E-state index contributed by atoms with van der Waals surface area (Å²) in [5.74, 6) is 0. The van der Waals surface area contributed by atoms with Crippen LogP contribution in [0.15, 0.2) is 12.1 Å². The van der Waals surface area contributed by atoms with Gasteiger partial charge < -0.3 is 5.32 Å². The maximum absolute atomic E-state index is 12.5. The predicted molar refractivity (Wildman–Crippen MR) is 53.3 cm³/mol. The Bertz CT molecular complexity index is 387. The van der Waals surface area contributed by atoms with Crippen LogP contribution in [0.1, 0.15) is 17.5 Å². The molecule has 0 bridgehead atoms. The summed E-state index contributed by atoms with van der Waals surface area (Å²) in [6, 6.07) is 2.50. The lowest BCUT2D eigenvalue weighted by Gasteiger charge is -2.20. The van der Waals surface area contributed by atoms with Crippen LogP contribution in [0.25, 0.3) is 0 Å². The van der Waals surface area contributed by atoms with Crippen molar-refractivity contribution in [3.8, 4) is 0 Å². The Balaban J connectivity index is 2.50. The maximum Gasteiger partial charge on any atom is 0.417 e. The molecule has 2 rings (SSSR count). The Morgan fingerprint density at radius 2 is 2.00 bits per heavy atom. The number of aryl methyl sites for hydroxylation is 1. The Morgan fingerprint density at radius 1 is 1.27 bits per heavy atom. The second kappa shape index (κ2) is 3.59. The van der Waals surface area contributed by atoms with Crippen molar-refractivity contribution in [2.45, 2.75) is 19.0 Å². The molecule has 1 aliphatic rings. The van der Waals surface area contributed by atoms with Crippen LogP contribution in [-0.4, -0.2) is 6.54 Å². The molecule has 1 nitrogen and oxygen atoms in total. The molecule has 0 radical (unpaired) electrons. The van der Waals surface area contributed by atoms with E-state index in [4.69, 9.17) is 11.6 Å². The minimum absolute atomic E-state index is 0.218. The van der Waals surface area contributed by atoms with Gasteiger partial charge in [0.05, 0.1) is 10.6 Å². The molecule has 1 N–H and O–H groups in total. The Labute approximate surface area is 90.2 Å². The lowest BCUT2D eigenvalue weighted by Crippen LogP contribution is -2.14. The molecular formula is C10H9ClF3N. The first-order valence-electron chi connectivity index (χ1n) is 4.62. The zero-order chi connectivity index (χ0) is 11.1. The molecule has 1 aromatic carbocycles. The maximum atomic E-state index is 12.5. The van der Waals surface area contributed by atoms with Crippen LogP contribution in [0.4, 0.5) is 18.9 Å². The summed E-state index contributed by atoms with van der Waals surface area (Å²) >= 11 is 5.60. The van der Waals surface area contributed by atoms with E-state index in [-0.39, 0.29) is 5.02 Å².